The quantitative estimate of drug-likeness (QED) is 0.889. The Morgan fingerprint density at radius 3 is 2.52 bits per heavy atom. The molecule has 1 aliphatic heterocycles. The largest absolute Gasteiger partial charge is 0.480 e. The zero-order valence-corrected chi connectivity index (χ0v) is 12.5. The fourth-order valence-electron chi connectivity index (χ4n) is 3.08. The highest BCUT2D eigenvalue weighted by Gasteiger charge is 2.45. The number of carbonyl (C=O) groups is 2. The van der Waals surface area contributed by atoms with E-state index in [2.05, 4.69) is 0 Å². The maximum absolute atomic E-state index is 12.6. The number of amides is 1. The van der Waals surface area contributed by atoms with Gasteiger partial charge in [-0.05, 0) is 23.8 Å². The molecule has 2 atom stereocenters. The first-order valence-corrected chi connectivity index (χ1v) is 7.18. The van der Waals surface area contributed by atoms with Crippen LogP contribution in [0.4, 0.5) is 0 Å². The van der Waals surface area contributed by atoms with Crippen molar-refractivity contribution in [3.63, 3.8) is 0 Å². The molecule has 114 valence electrons. The van der Waals surface area contributed by atoms with E-state index in [0.29, 0.717) is 12.1 Å². The number of benzene rings is 1. The van der Waals surface area contributed by atoms with Crippen molar-refractivity contribution in [3.8, 4) is 0 Å². The number of nitrogens with two attached hydrogens (primary N) is 1. The molecule has 0 saturated carbocycles. The van der Waals surface area contributed by atoms with Gasteiger partial charge in [-0.3, -0.25) is 4.79 Å². The highest BCUT2D eigenvalue weighted by Crippen LogP contribution is 2.36. The van der Waals surface area contributed by atoms with Crippen LogP contribution in [0.3, 0.4) is 0 Å². The highest BCUT2D eigenvalue weighted by atomic mass is 16.4. The Kier molecular flexibility index (Phi) is 4.32. The summed E-state index contributed by atoms with van der Waals surface area (Å²) in [5.41, 5.74) is 6.29. The van der Waals surface area contributed by atoms with Crippen LogP contribution in [0.25, 0.3) is 0 Å². The van der Waals surface area contributed by atoms with E-state index >= 15 is 0 Å². The summed E-state index contributed by atoms with van der Waals surface area (Å²) in [6, 6.07) is 7.41. The minimum atomic E-state index is -0.965. The molecule has 1 heterocycles. The number of carboxylic acids is 1. The fourth-order valence-corrected chi connectivity index (χ4v) is 3.08. The van der Waals surface area contributed by atoms with Gasteiger partial charge in [-0.25, -0.2) is 4.79 Å². The zero-order valence-electron chi connectivity index (χ0n) is 12.5. The van der Waals surface area contributed by atoms with E-state index in [1.54, 1.807) is 12.1 Å². The predicted molar refractivity (Wildman–Crippen MR) is 79.5 cm³/mol. The first-order chi connectivity index (χ1) is 9.84. The number of aliphatic carboxylic acids is 1. The summed E-state index contributed by atoms with van der Waals surface area (Å²) in [5, 5.41) is 9.51. The Balaban J connectivity index is 2.26. The molecule has 1 unspecified atom stereocenters. The van der Waals surface area contributed by atoms with Crippen LogP contribution in [-0.4, -0.2) is 34.5 Å². The molecule has 1 amide bonds. The lowest BCUT2D eigenvalue weighted by atomic mass is 9.76. The number of hydrogen-bond acceptors (Lipinski definition) is 3. The van der Waals surface area contributed by atoms with Crippen LogP contribution in [0.5, 0.6) is 0 Å². The van der Waals surface area contributed by atoms with Crippen LogP contribution in [0.2, 0.25) is 0 Å². The van der Waals surface area contributed by atoms with Gasteiger partial charge in [0.2, 0.25) is 5.91 Å². The van der Waals surface area contributed by atoms with Gasteiger partial charge in [-0.2, -0.15) is 0 Å². The third-order valence-electron chi connectivity index (χ3n) is 4.21. The summed E-state index contributed by atoms with van der Waals surface area (Å²) in [6.07, 6.45) is 1.58. The second-order valence-electron chi connectivity index (χ2n) is 6.25. The molecule has 1 aromatic carbocycles. The minimum Gasteiger partial charge on any atom is -0.480 e. The summed E-state index contributed by atoms with van der Waals surface area (Å²) in [4.78, 5) is 25.7. The molecule has 2 rings (SSSR count). The zero-order chi connectivity index (χ0) is 15.6. The van der Waals surface area contributed by atoms with Crippen LogP contribution in [0.1, 0.15) is 38.3 Å². The number of likely N-dealkylation sites (tertiary alicyclic amines) is 1. The first kappa shape index (κ1) is 15.5. The Morgan fingerprint density at radius 1 is 1.33 bits per heavy atom. The van der Waals surface area contributed by atoms with Crippen molar-refractivity contribution in [2.75, 3.05) is 6.54 Å². The normalized spacial score (nSPS) is 22.6. The maximum Gasteiger partial charge on any atom is 0.326 e. The van der Waals surface area contributed by atoms with E-state index in [-0.39, 0.29) is 5.91 Å². The monoisotopic (exact) mass is 290 g/mol. The SMILES string of the molecule is CC1(C)CCCN(C(=O)[C@H](N)c2ccccc2)C1C(=O)O. The van der Waals surface area contributed by atoms with Gasteiger partial charge in [0.05, 0.1) is 0 Å². The number of rotatable bonds is 3. The number of nitrogens with zero attached hydrogens (tertiary/aromatic N) is 1. The molecule has 3 N–H and O–H groups in total. The van der Waals surface area contributed by atoms with E-state index in [0.717, 1.165) is 12.8 Å². The molecule has 0 aromatic heterocycles. The van der Waals surface area contributed by atoms with Crippen molar-refractivity contribution >= 4 is 11.9 Å². The van der Waals surface area contributed by atoms with Crippen LogP contribution in [-0.2, 0) is 9.59 Å². The van der Waals surface area contributed by atoms with Crippen LogP contribution in [0.15, 0.2) is 30.3 Å². The number of carboxylic acid groups (broad SMARTS) is 1. The van der Waals surface area contributed by atoms with Gasteiger partial charge in [0.25, 0.3) is 0 Å². The van der Waals surface area contributed by atoms with Crippen molar-refractivity contribution in [2.24, 2.45) is 11.1 Å². The number of carbonyl (C=O) groups excluding carboxylic acids is 1. The molecule has 0 radical (unpaired) electrons. The summed E-state index contributed by atoms with van der Waals surface area (Å²) >= 11 is 0. The molecule has 21 heavy (non-hydrogen) atoms. The average Bonchev–Trinajstić information content (AvgIpc) is 2.45. The summed E-state index contributed by atoms with van der Waals surface area (Å²) < 4.78 is 0. The van der Waals surface area contributed by atoms with E-state index in [9.17, 15) is 14.7 Å². The van der Waals surface area contributed by atoms with E-state index < -0.39 is 23.5 Å². The Hall–Kier alpha value is -1.88. The van der Waals surface area contributed by atoms with Gasteiger partial charge < -0.3 is 15.7 Å². The lowest BCUT2D eigenvalue weighted by Crippen LogP contribution is -2.58. The molecule has 0 bridgehead atoms. The van der Waals surface area contributed by atoms with Gasteiger partial charge in [0.15, 0.2) is 0 Å². The summed E-state index contributed by atoms with van der Waals surface area (Å²) in [6.45, 7) is 4.22. The topological polar surface area (TPSA) is 83.6 Å². The third-order valence-corrected chi connectivity index (χ3v) is 4.21. The fraction of sp³-hybridized carbons (Fsp3) is 0.500. The van der Waals surface area contributed by atoms with E-state index in [4.69, 9.17) is 5.73 Å². The van der Waals surface area contributed by atoms with E-state index in [1.807, 2.05) is 32.0 Å². The molecule has 1 aromatic rings. The molecule has 1 saturated heterocycles. The second kappa shape index (κ2) is 5.85. The summed E-state index contributed by atoms with van der Waals surface area (Å²) in [5.74, 6) is -1.28. The molecule has 0 aliphatic carbocycles. The van der Waals surface area contributed by atoms with Crippen molar-refractivity contribution in [1.29, 1.82) is 0 Å². The molecule has 5 nitrogen and oxygen atoms in total. The number of piperidine rings is 1. The summed E-state index contributed by atoms with van der Waals surface area (Å²) in [7, 11) is 0. The minimum absolute atomic E-state index is 0.318. The molecular weight excluding hydrogens is 268 g/mol. The third kappa shape index (κ3) is 3.08. The standard InChI is InChI=1S/C16H22N2O3/c1-16(2)9-6-10-18(13(16)15(20)21)14(19)12(17)11-7-4-3-5-8-11/h3-5,7-8,12-13H,6,9-10,17H2,1-2H3,(H,20,21)/t12-,13?/m1/s1. The lowest BCUT2D eigenvalue weighted by molar-refractivity contribution is -0.159. The maximum atomic E-state index is 12.6. The van der Waals surface area contributed by atoms with Gasteiger partial charge in [-0.15, -0.1) is 0 Å². The van der Waals surface area contributed by atoms with Gasteiger partial charge in [0, 0.05) is 6.54 Å². The Morgan fingerprint density at radius 2 is 1.95 bits per heavy atom. The van der Waals surface area contributed by atoms with Crippen molar-refractivity contribution in [3.05, 3.63) is 35.9 Å². The predicted octanol–water partition coefficient (Wildman–Crippen LogP) is 1.79. The first-order valence-electron chi connectivity index (χ1n) is 7.18. The highest BCUT2D eigenvalue weighted by molar-refractivity contribution is 5.88. The van der Waals surface area contributed by atoms with Gasteiger partial charge in [0.1, 0.15) is 12.1 Å². The number of hydrogen-bond donors (Lipinski definition) is 2. The van der Waals surface area contributed by atoms with Gasteiger partial charge in [-0.1, -0.05) is 44.2 Å². The Bertz CT molecular complexity index is 528. The van der Waals surface area contributed by atoms with E-state index in [1.165, 1.54) is 4.90 Å². The van der Waals surface area contributed by atoms with Crippen molar-refractivity contribution in [1.82, 2.24) is 4.90 Å². The van der Waals surface area contributed by atoms with Crippen LogP contribution in [0, 0.1) is 5.41 Å². The second-order valence-corrected chi connectivity index (χ2v) is 6.25. The molecule has 0 spiro atoms. The molecule has 1 fully saturated rings. The smallest absolute Gasteiger partial charge is 0.326 e. The lowest BCUT2D eigenvalue weighted by Gasteiger charge is -2.44. The Labute approximate surface area is 124 Å². The van der Waals surface area contributed by atoms with Crippen LogP contribution >= 0.6 is 0 Å². The van der Waals surface area contributed by atoms with Crippen LogP contribution < -0.4 is 5.73 Å². The van der Waals surface area contributed by atoms with Crippen molar-refractivity contribution < 1.29 is 14.7 Å². The molecule has 1 aliphatic rings. The van der Waals surface area contributed by atoms with Crippen molar-refractivity contribution in [2.45, 2.75) is 38.8 Å². The molecule has 5 heteroatoms. The molecular formula is C16H22N2O3. The van der Waals surface area contributed by atoms with Gasteiger partial charge >= 0.3 is 5.97 Å². The average molecular weight is 290 g/mol.